The molecular weight excluding hydrogens is 320 g/mol. The monoisotopic (exact) mass is 340 g/mol. The summed E-state index contributed by atoms with van der Waals surface area (Å²) < 4.78 is 5.26. The first kappa shape index (κ1) is 17.0. The predicted molar refractivity (Wildman–Crippen MR) is 93.9 cm³/mol. The van der Waals surface area contributed by atoms with E-state index in [-0.39, 0.29) is 11.5 Å². The molecule has 25 heavy (non-hydrogen) atoms. The van der Waals surface area contributed by atoms with Crippen LogP contribution in [0.2, 0.25) is 0 Å². The molecule has 6 heteroatoms. The van der Waals surface area contributed by atoms with Crippen molar-refractivity contribution in [2.45, 2.75) is 6.54 Å². The number of hydrogen-bond acceptors (Lipinski definition) is 4. The van der Waals surface area contributed by atoms with Gasteiger partial charge in [-0.1, -0.05) is 12.1 Å². The molecule has 0 aliphatic carbocycles. The van der Waals surface area contributed by atoms with Crippen molar-refractivity contribution in [2.75, 3.05) is 31.6 Å². The Morgan fingerprint density at radius 1 is 0.960 bits per heavy atom. The van der Waals surface area contributed by atoms with Crippen molar-refractivity contribution in [2.24, 2.45) is 0 Å². The molecule has 2 aromatic rings. The van der Waals surface area contributed by atoms with Gasteiger partial charge in [-0.3, -0.25) is 4.79 Å². The molecule has 0 atom stereocenters. The Morgan fingerprint density at radius 2 is 1.56 bits per heavy atom. The number of anilines is 1. The summed E-state index contributed by atoms with van der Waals surface area (Å²) in [6, 6.07) is 14.1. The zero-order chi connectivity index (χ0) is 17.6. The number of morpholine rings is 1. The van der Waals surface area contributed by atoms with Crippen LogP contribution >= 0.6 is 0 Å². The summed E-state index contributed by atoms with van der Waals surface area (Å²) in [4.78, 5) is 25.0. The average molecular weight is 340 g/mol. The second-order valence-electron chi connectivity index (χ2n) is 5.84. The van der Waals surface area contributed by atoms with Crippen molar-refractivity contribution < 1.29 is 19.4 Å². The summed E-state index contributed by atoms with van der Waals surface area (Å²) in [5.41, 5.74) is 2.83. The summed E-state index contributed by atoms with van der Waals surface area (Å²) in [5.74, 6) is -0.904. The van der Waals surface area contributed by atoms with E-state index < -0.39 is 5.97 Å². The topological polar surface area (TPSA) is 78.9 Å². The lowest BCUT2D eigenvalue weighted by atomic mass is 10.1. The van der Waals surface area contributed by atoms with E-state index in [9.17, 15) is 9.59 Å². The van der Waals surface area contributed by atoms with Gasteiger partial charge in [0, 0.05) is 30.9 Å². The predicted octanol–water partition coefficient (Wildman–Crippen LogP) is 2.47. The van der Waals surface area contributed by atoms with Gasteiger partial charge < -0.3 is 20.1 Å². The molecule has 1 saturated heterocycles. The number of aromatic carboxylic acids is 1. The summed E-state index contributed by atoms with van der Waals surface area (Å²) in [6.07, 6.45) is 0. The molecule has 0 radical (unpaired) electrons. The first-order valence-corrected chi connectivity index (χ1v) is 8.17. The number of carbonyl (C=O) groups is 2. The van der Waals surface area contributed by atoms with Crippen LogP contribution in [-0.4, -0.2) is 48.2 Å². The van der Waals surface area contributed by atoms with E-state index in [0.29, 0.717) is 38.4 Å². The molecule has 1 heterocycles. The summed E-state index contributed by atoms with van der Waals surface area (Å²) in [6.45, 7) is 3.02. The van der Waals surface area contributed by atoms with Gasteiger partial charge in [-0.05, 0) is 42.0 Å². The second-order valence-corrected chi connectivity index (χ2v) is 5.84. The van der Waals surface area contributed by atoms with Crippen LogP contribution in [0.3, 0.4) is 0 Å². The molecule has 0 unspecified atom stereocenters. The van der Waals surface area contributed by atoms with E-state index >= 15 is 0 Å². The third-order valence-corrected chi connectivity index (χ3v) is 4.13. The molecule has 2 aromatic carbocycles. The second kappa shape index (κ2) is 7.81. The number of carbonyl (C=O) groups excluding carboxylic acids is 1. The third kappa shape index (κ3) is 4.36. The van der Waals surface area contributed by atoms with E-state index in [4.69, 9.17) is 9.84 Å². The van der Waals surface area contributed by atoms with Crippen LogP contribution in [0.15, 0.2) is 48.5 Å². The Morgan fingerprint density at radius 3 is 2.16 bits per heavy atom. The van der Waals surface area contributed by atoms with Crippen LogP contribution in [-0.2, 0) is 11.3 Å². The number of benzene rings is 2. The molecule has 3 rings (SSSR count). The van der Waals surface area contributed by atoms with Gasteiger partial charge in [0.2, 0.25) is 0 Å². The molecule has 0 spiro atoms. The SMILES string of the molecule is O=C(O)c1ccc(CNc2ccc(C(=O)N3CCOCC3)cc2)cc1. The molecule has 0 bridgehead atoms. The van der Waals surface area contributed by atoms with Crippen molar-refractivity contribution in [1.29, 1.82) is 0 Å². The van der Waals surface area contributed by atoms with Crippen LogP contribution < -0.4 is 5.32 Å². The van der Waals surface area contributed by atoms with Crippen LogP contribution in [0.1, 0.15) is 26.3 Å². The fourth-order valence-electron chi connectivity index (χ4n) is 2.65. The number of rotatable bonds is 5. The number of ether oxygens (including phenoxy) is 1. The molecule has 0 aromatic heterocycles. The standard InChI is InChI=1S/C19H20N2O4/c22-18(21-9-11-25-12-10-21)15-5-7-17(8-6-15)20-13-14-1-3-16(4-2-14)19(23)24/h1-8,20H,9-13H2,(H,23,24). The van der Waals surface area contributed by atoms with Gasteiger partial charge in [-0.2, -0.15) is 0 Å². The Labute approximate surface area is 146 Å². The largest absolute Gasteiger partial charge is 0.478 e. The summed E-state index contributed by atoms with van der Waals surface area (Å²) in [5, 5.41) is 12.2. The normalized spacial score (nSPS) is 14.2. The zero-order valence-electron chi connectivity index (χ0n) is 13.8. The van der Waals surface area contributed by atoms with Crippen LogP contribution in [0.4, 0.5) is 5.69 Å². The van der Waals surface area contributed by atoms with E-state index in [0.717, 1.165) is 11.3 Å². The Hall–Kier alpha value is -2.86. The molecule has 0 saturated carbocycles. The van der Waals surface area contributed by atoms with Gasteiger partial charge in [-0.25, -0.2) is 4.79 Å². The van der Waals surface area contributed by atoms with Crippen molar-refractivity contribution >= 4 is 17.6 Å². The highest BCUT2D eigenvalue weighted by molar-refractivity contribution is 5.94. The summed E-state index contributed by atoms with van der Waals surface area (Å²) >= 11 is 0. The first-order chi connectivity index (χ1) is 12.1. The van der Waals surface area contributed by atoms with Crippen LogP contribution in [0.5, 0.6) is 0 Å². The van der Waals surface area contributed by atoms with Crippen molar-refractivity contribution in [3.05, 3.63) is 65.2 Å². The maximum atomic E-state index is 12.4. The molecule has 6 nitrogen and oxygen atoms in total. The molecule has 1 amide bonds. The minimum absolute atomic E-state index is 0.0270. The van der Waals surface area contributed by atoms with E-state index in [1.807, 2.05) is 24.3 Å². The van der Waals surface area contributed by atoms with E-state index in [1.165, 1.54) is 0 Å². The van der Waals surface area contributed by atoms with Gasteiger partial charge in [-0.15, -0.1) is 0 Å². The minimum Gasteiger partial charge on any atom is -0.478 e. The maximum Gasteiger partial charge on any atom is 0.335 e. The number of carboxylic acid groups (broad SMARTS) is 1. The summed E-state index contributed by atoms with van der Waals surface area (Å²) in [7, 11) is 0. The molecule has 2 N–H and O–H groups in total. The Bertz CT molecular complexity index is 735. The van der Waals surface area contributed by atoms with Gasteiger partial charge in [0.05, 0.1) is 18.8 Å². The zero-order valence-corrected chi connectivity index (χ0v) is 13.8. The number of nitrogens with zero attached hydrogens (tertiary/aromatic N) is 1. The van der Waals surface area contributed by atoms with E-state index in [1.54, 1.807) is 29.2 Å². The molecule has 1 aliphatic rings. The van der Waals surface area contributed by atoms with Gasteiger partial charge >= 0.3 is 5.97 Å². The smallest absolute Gasteiger partial charge is 0.335 e. The van der Waals surface area contributed by atoms with Gasteiger partial charge in [0.15, 0.2) is 0 Å². The highest BCUT2D eigenvalue weighted by Crippen LogP contribution is 2.14. The number of carboxylic acids is 1. The van der Waals surface area contributed by atoms with Crippen molar-refractivity contribution in [1.82, 2.24) is 4.90 Å². The first-order valence-electron chi connectivity index (χ1n) is 8.17. The minimum atomic E-state index is -0.931. The molecule has 1 aliphatic heterocycles. The number of nitrogens with one attached hydrogen (secondary N) is 1. The van der Waals surface area contributed by atoms with Gasteiger partial charge in [0.25, 0.3) is 5.91 Å². The van der Waals surface area contributed by atoms with Crippen LogP contribution in [0.25, 0.3) is 0 Å². The highest BCUT2D eigenvalue weighted by Gasteiger charge is 2.18. The van der Waals surface area contributed by atoms with Crippen molar-refractivity contribution in [3.63, 3.8) is 0 Å². The lowest BCUT2D eigenvalue weighted by molar-refractivity contribution is 0.0303. The highest BCUT2D eigenvalue weighted by atomic mass is 16.5. The Kier molecular flexibility index (Phi) is 5.30. The number of amides is 1. The van der Waals surface area contributed by atoms with E-state index in [2.05, 4.69) is 5.32 Å². The fourth-order valence-corrected chi connectivity index (χ4v) is 2.65. The lowest BCUT2D eigenvalue weighted by Crippen LogP contribution is -2.40. The Balaban J connectivity index is 1.57. The molecular formula is C19H20N2O4. The number of hydrogen-bond donors (Lipinski definition) is 2. The fraction of sp³-hybridized carbons (Fsp3) is 0.263. The average Bonchev–Trinajstić information content (AvgIpc) is 2.67. The van der Waals surface area contributed by atoms with Crippen LogP contribution in [0, 0.1) is 0 Å². The van der Waals surface area contributed by atoms with Crippen molar-refractivity contribution in [3.8, 4) is 0 Å². The third-order valence-electron chi connectivity index (χ3n) is 4.13. The molecule has 1 fully saturated rings. The quantitative estimate of drug-likeness (QED) is 0.874. The molecule has 130 valence electrons. The maximum absolute atomic E-state index is 12.4. The lowest BCUT2D eigenvalue weighted by Gasteiger charge is -2.26. The van der Waals surface area contributed by atoms with Gasteiger partial charge in [0.1, 0.15) is 0 Å².